The lowest BCUT2D eigenvalue weighted by molar-refractivity contribution is -0.122. The van der Waals surface area contributed by atoms with Crippen LogP contribution in [0.3, 0.4) is 0 Å². The van der Waals surface area contributed by atoms with Crippen LogP contribution in [-0.4, -0.2) is 33.8 Å². The molecule has 1 amide bonds. The van der Waals surface area contributed by atoms with E-state index in [1.165, 1.54) is 6.42 Å². The van der Waals surface area contributed by atoms with Gasteiger partial charge in [-0.2, -0.15) is 5.10 Å². The summed E-state index contributed by atoms with van der Waals surface area (Å²) in [6, 6.07) is 6.11. The third-order valence-corrected chi connectivity index (χ3v) is 6.44. The second kappa shape index (κ2) is 9.45. The Morgan fingerprint density at radius 3 is 3.07 bits per heavy atom. The van der Waals surface area contributed by atoms with Crippen LogP contribution in [0.2, 0.25) is 0 Å². The highest BCUT2D eigenvalue weighted by Crippen LogP contribution is 2.27. The predicted molar refractivity (Wildman–Crippen MR) is 112 cm³/mol. The summed E-state index contributed by atoms with van der Waals surface area (Å²) in [6.07, 6.45) is 4.09. The number of amides is 1. The molecule has 0 bridgehead atoms. The van der Waals surface area contributed by atoms with Gasteiger partial charge in [0.2, 0.25) is 5.91 Å². The lowest BCUT2D eigenvalue weighted by atomic mass is 9.96. The second-order valence-electron chi connectivity index (χ2n) is 6.36. The minimum Gasteiger partial charge on any atom is -0.349 e. The summed E-state index contributed by atoms with van der Waals surface area (Å²) in [7, 11) is 0. The van der Waals surface area contributed by atoms with E-state index < -0.39 is 0 Å². The van der Waals surface area contributed by atoms with E-state index in [1.807, 2.05) is 27.6 Å². The maximum atomic E-state index is 12.3. The molecular weight excluding hydrogens is 402 g/mol. The SMILES string of the molecule is Cl.O=C(Cn1nccc1C1CCCNC1)NCc1csc(-c2cccs2)n1. The van der Waals surface area contributed by atoms with Crippen LogP contribution in [0.4, 0.5) is 0 Å². The summed E-state index contributed by atoms with van der Waals surface area (Å²) in [5.41, 5.74) is 2.03. The van der Waals surface area contributed by atoms with Crippen molar-refractivity contribution in [1.29, 1.82) is 0 Å². The smallest absolute Gasteiger partial charge is 0.242 e. The van der Waals surface area contributed by atoms with Crippen LogP contribution in [0.25, 0.3) is 9.88 Å². The molecule has 144 valence electrons. The van der Waals surface area contributed by atoms with Crippen LogP contribution >= 0.6 is 35.1 Å². The number of piperidine rings is 1. The van der Waals surface area contributed by atoms with E-state index in [4.69, 9.17) is 0 Å². The number of hydrogen-bond donors (Lipinski definition) is 2. The minimum absolute atomic E-state index is 0. The van der Waals surface area contributed by atoms with Crippen LogP contribution in [0.15, 0.2) is 35.2 Å². The fraction of sp³-hybridized carbons (Fsp3) is 0.389. The zero-order valence-electron chi connectivity index (χ0n) is 14.8. The van der Waals surface area contributed by atoms with Gasteiger partial charge in [-0.05, 0) is 36.9 Å². The standard InChI is InChI=1S/C18H21N5OS2.ClH/c24-17(11-23-15(5-7-21-23)13-3-1-6-19-9-13)20-10-14-12-26-18(22-14)16-4-2-8-25-16;/h2,4-5,7-8,12-13,19H,1,3,6,9-11H2,(H,20,24);1H. The molecule has 1 saturated heterocycles. The topological polar surface area (TPSA) is 71.8 Å². The monoisotopic (exact) mass is 423 g/mol. The molecule has 0 spiro atoms. The van der Waals surface area contributed by atoms with Gasteiger partial charge in [-0.1, -0.05) is 6.07 Å². The number of carbonyl (C=O) groups excluding carboxylic acids is 1. The Labute approximate surface area is 172 Å². The van der Waals surface area contributed by atoms with E-state index in [0.717, 1.165) is 40.8 Å². The van der Waals surface area contributed by atoms with Gasteiger partial charge in [-0.25, -0.2) is 4.98 Å². The fourth-order valence-corrected chi connectivity index (χ4v) is 4.84. The van der Waals surface area contributed by atoms with E-state index in [9.17, 15) is 4.79 Å². The zero-order valence-corrected chi connectivity index (χ0v) is 17.2. The first kappa shape index (κ1) is 20.0. The van der Waals surface area contributed by atoms with Crippen molar-refractivity contribution < 1.29 is 4.79 Å². The minimum atomic E-state index is -0.0376. The van der Waals surface area contributed by atoms with Crippen LogP contribution in [-0.2, 0) is 17.9 Å². The predicted octanol–water partition coefficient (Wildman–Crippen LogP) is 3.27. The van der Waals surface area contributed by atoms with Crippen LogP contribution in [0, 0.1) is 0 Å². The van der Waals surface area contributed by atoms with Gasteiger partial charge < -0.3 is 10.6 Å². The summed E-state index contributed by atoms with van der Waals surface area (Å²) in [4.78, 5) is 18.1. The van der Waals surface area contributed by atoms with E-state index >= 15 is 0 Å². The molecule has 1 aliphatic rings. The van der Waals surface area contributed by atoms with Crippen molar-refractivity contribution in [3.8, 4) is 9.88 Å². The molecule has 6 nitrogen and oxygen atoms in total. The fourth-order valence-electron chi connectivity index (χ4n) is 3.21. The van der Waals surface area contributed by atoms with Crippen molar-refractivity contribution in [2.45, 2.75) is 31.8 Å². The molecule has 3 aromatic rings. The number of thiophene rings is 1. The Balaban J connectivity index is 0.00000210. The molecular formula is C18H22ClN5OS2. The zero-order chi connectivity index (χ0) is 17.8. The maximum Gasteiger partial charge on any atom is 0.242 e. The first-order chi connectivity index (χ1) is 12.8. The maximum absolute atomic E-state index is 12.3. The van der Waals surface area contributed by atoms with Gasteiger partial charge in [0.25, 0.3) is 0 Å². The molecule has 1 unspecified atom stereocenters. The normalized spacial score (nSPS) is 16.7. The number of rotatable bonds is 6. The third kappa shape index (κ3) is 4.95. The number of nitrogens with one attached hydrogen (secondary N) is 2. The molecule has 1 atom stereocenters. The molecule has 9 heteroatoms. The highest BCUT2D eigenvalue weighted by atomic mass is 35.5. The summed E-state index contributed by atoms with van der Waals surface area (Å²) in [5, 5.41) is 15.8. The van der Waals surface area contributed by atoms with Crippen molar-refractivity contribution in [2.75, 3.05) is 13.1 Å². The largest absolute Gasteiger partial charge is 0.349 e. The second-order valence-corrected chi connectivity index (χ2v) is 8.16. The Hall–Kier alpha value is -1.74. The molecule has 1 aliphatic heterocycles. The Kier molecular flexibility index (Phi) is 7.01. The Bertz CT molecular complexity index is 855. The van der Waals surface area contributed by atoms with E-state index in [-0.39, 0.29) is 24.9 Å². The number of halogens is 1. The number of carbonyl (C=O) groups is 1. The van der Waals surface area contributed by atoms with Crippen molar-refractivity contribution in [2.24, 2.45) is 0 Å². The van der Waals surface area contributed by atoms with Gasteiger partial charge >= 0.3 is 0 Å². The average molecular weight is 424 g/mol. The Morgan fingerprint density at radius 2 is 2.30 bits per heavy atom. The number of aromatic nitrogens is 3. The summed E-state index contributed by atoms with van der Waals surface area (Å²) in [5.74, 6) is 0.398. The molecule has 0 aliphatic carbocycles. The van der Waals surface area contributed by atoms with Gasteiger partial charge in [-0.15, -0.1) is 35.1 Å². The molecule has 4 heterocycles. The summed E-state index contributed by atoms with van der Waals surface area (Å²) >= 11 is 3.28. The number of nitrogens with zero attached hydrogens (tertiary/aromatic N) is 3. The van der Waals surface area contributed by atoms with Gasteiger partial charge in [-0.3, -0.25) is 9.48 Å². The molecule has 27 heavy (non-hydrogen) atoms. The van der Waals surface area contributed by atoms with Gasteiger partial charge in [0.05, 0.1) is 17.1 Å². The molecule has 3 aromatic heterocycles. The van der Waals surface area contributed by atoms with Crippen LogP contribution < -0.4 is 10.6 Å². The van der Waals surface area contributed by atoms with Crippen molar-refractivity contribution >= 4 is 41.0 Å². The lowest BCUT2D eigenvalue weighted by Crippen LogP contribution is -2.32. The third-order valence-electron chi connectivity index (χ3n) is 4.51. The molecule has 0 saturated carbocycles. The van der Waals surface area contributed by atoms with Crippen molar-refractivity contribution in [1.82, 2.24) is 25.4 Å². The van der Waals surface area contributed by atoms with Crippen molar-refractivity contribution in [3.63, 3.8) is 0 Å². The van der Waals surface area contributed by atoms with E-state index in [1.54, 1.807) is 28.9 Å². The first-order valence-electron chi connectivity index (χ1n) is 8.77. The summed E-state index contributed by atoms with van der Waals surface area (Å²) in [6.45, 7) is 2.73. The number of hydrogen-bond acceptors (Lipinski definition) is 6. The molecule has 4 rings (SSSR count). The molecule has 0 radical (unpaired) electrons. The van der Waals surface area contributed by atoms with Crippen LogP contribution in [0.1, 0.15) is 30.1 Å². The first-order valence-corrected chi connectivity index (χ1v) is 10.5. The molecule has 0 aromatic carbocycles. The van der Waals surface area contributed by atoms with Gasteiger partial charge in [0, 0.05) is 29.7 Å². The highest BCUT2D eigenvalue weighted by molar-refractivity contribution is 7.20. The summed E-state index contributed by atoms with van der Waals surface area (Å²) < 4.78 is 1.82. The average Bonchev–Trinajstić information content (AvgIpc) is 3.41. The number of thiazole rings is 1. The highest BCUT2D eigenvalue weighted by Gasteiger charge is 2.20. The lowest BCUT2D eigenvalue weighted by Gasteiger charge is -2.23. The van der Waals surface area contributed by atoms with E-state index in [0.29, 0.717) is 12.5 Å². The van der Waals surface area contributed by atoms with E-state index in [2.05, 4.69) is 26.8 Å². The molecule has 1 fully saturated rings. The van der Waals surface area contributed by atoms with Crippen molar-refractivity contribution in [3.05, 3.63) is 46.5 Å². The molecule has 2 N–H and O–H groups in total. The quantitative estimate of drug-likeness (QED) is 0.638. The van der Waals surface area contributed by atoms with Gasteiger partial charge in [0.15, 0.2) is 0 Å². The van der Waals surface area contributed by atoms with Crippen LogP contribution in [0.5, 0.6) is 0 Å². The van der Waals surface area contributed by atoms with Gasteiger partial charge in [0.1, 0.15) is 11.6 Å². The Morgan fingerprint density at radius 1 is 1.37 bits per heavy atom.